The Bertz CT molecular complexity index is 1170. The van der Waals surface area contributed by atoms with E-state index in [1.54, 1.807) is 24.3 Å². The lowest BCUT2D eigenvalue weighted by atomic mass is 9.97. The van der Waals surface area contributed by atoms with Gasteiger partial charge in [0, 0.05) is 5.56 Å². The lowest BCUT2D eigenvalue weighted by Gasteiger charge is -2.17. The molecule has 0 spiro atoms. The first-order chi connectivity index (χ1) is 14.5. The van der Waals surface area contributed by atoms with Gasteiger partial charge >= 0.3 is 5.97 Å². The minimum Gasteiger partial charge on any atom is -0.468 e. The third kappa shape index (κ3) is 4.09. The molecular weight excluding hydrogens is 403 g/mol. The van der Waals surface area contributed by atoms with Crippen LogP contribution in [0, 0.1) is 28.5 Å². The van der Waals surface area contributed by atoms with E-state index in [-0.39, 0.29) is 27.5 Å². The monoisotopic (exact) mass is 418 g/mol. The van der Waals surface area contributed by atoms with Crippen molar-refractivity contribution in [3.05, 3.63) is 77.1 Å². The highest BCUT2D eigenvalue weighted by molar-refractivity contribution is 8.00. The maximum absolute atomic E-state index is 13.4. The van der Waals surface area contributed by atoms with E-state index in [0.29, 0.717) is 11.1 Å². The van der Waals surface area contributed by atoms with Crippen molar-refractivity contribution in [2.45, 2.75) is 10.3 Å². The molecule has 8 heteroatoms. The fraction of sp³-hybridized carbons (Fsp3) is 0.0909. The Balaban J connectivity index is 2.20. The topological polar surface area (TPSA) is 113 Å². The molecule has 0 saturated carbocycles. The number of nitrogens with zero attached hydrogens (tertiary/aromatic N) is 3. The number of ether oxygens (including phenoxy) is 1. The number of nitrogen functional groups attached to an aromatic ring is 1. The predicted molar refractivity (Wildman–Crippen MR) is 111 cm³/mol. The van der Waals surface area contributed by atoms with Crippen molar-refractivity contribution in [3.63, 3.8) is 0 Å². The van der Waals surface area contributed by atoms with Gasteiger partial charge in [-0.3, -0.25) is 4.79 Å². The van der Waals surface area contributed by atoms with Gasteiger partial charge in [-0.2, -0.15) is 10.5 Å². The molecular formula is C22H15FN4O2S. The van der Waals surface area contributed by atoms with E-state index in [4.69, 9.17) is 10.5 Å². The van der Waals surface area contributed by atoms with E-state index in [2.05, 4.69) is 11.1 Å². The molecule has 0 bridgehead atoms. The number of nitriles is 2. The van der Waals surface area contributed by atoms with Crippen molar-refractivity contribution in [1.29, 1.82) is 10.5 Å². The Hall–Kier alpha value is -3.88. The first-order valence-corrected chi connectivity index (χ1v) is 9.57. The number of hydrogen-bond donors (Lipinski definition) is 1. The summed E-state index contributed by atoms with van der Waals surface area (Å²) in [7, 11) is 1.27. The quantitative estimate of drug-likeness (QED) is 0.487. The third-order valence-electron chi connectivity index (χ3n) is 4.30. The van der Waals surface area contributed by atoms with Crippen LogP contribution in [0.4, 0.5) is 10.2 Å². The first kappa shape index (κ1) is 20.8. The van der Waals surface area contributed by atoms with E-state index in [1.165, 1.54) is 31.4 Å². The van der Waals surface area contributed by atoms with Crippen LogP contribution in [-0.4, -0.2) is 18.1 Å². The molecule has 0 aliphatic heterocycles. The van der Waals surface area contributed by atoms with Crippen LogP contribution in [0.3, 0.4) is 0 Å². The van der Waals surface area contributed by atoms with Crippen molar-refractivity contribution in [2.24, 2.45) is 0 Å². The smallest absolute Gasteiger partial charge is 0.323 e. The van der Waals surface area contributed by atoms with Crippen LogP contribution >= 0.6 is 11.8 Å². The van der Waals surface area contributed by atoms with Gasteiger partial charge in [-0.25, -0.2) is 9.37 Å². The fourth-order valence-electron chi connectivity index (χ4n) is 2.89. The zero-order valence-electron chi connectivity index (χ0n) is 15.8. The Morgan fingerprint density at radius 3 is 2.30 bits per heavy atom. The number of benzene rings is 2. The maximum Gasteiger partial charge on any atom is 0.323 e. The van der Waals surface area contributed by atoms with Gasteiger partial charge in [-0.1, -0.05) is 54.2 Å². The summed E-state index contributed by atoms with van der Waals surface area (Å²) in [6, 6.07) is 18.3. The number of rotatable bonds is 5. The Kier molecular flexibility index (Phi) is 6.31. The molecule has 3 rings (SSSR count). The molecule has 0 amide bonds. The molecule has 1 heterocycles. The van der Waals surface area contributed by atoms with Crippen LogP contribution in [0.2, 0.25) is 0 Å². The van der Waals surface area contributed by atoms with Gasteiger partial charge in [0.15, 0.2) is 0 Å². The average Bonchev–Trinajstić information content (AvgIpc) is 2.77. The Morgan fingerprint density at radius 2 is 1.73 bits per heavy atom. The van der Waals surface area contributed by atoms with Crippen LogP contribution in [0.25, 0.3) is 11.1 Å². The van der Waals surface area contributed by atoms with E-state index >= 15 is 0 Å². The molecule has 2 aromatic carbocycles. The molecule has 2 N–H and O–H groups in total. The summed E-state index contributed by atoms with van der Waals surface area (Å²) >= 11 is 0.999. The largest absolute Gasteiger partial charge is 0.468 e. The van der Waals surface area contributed by atoms with E-state index in [1.807, 2.05) is 12.1 Å². The SMILES string of the molecule is COC(=O)C(Sc1nc(N)c(C#N)c(-c2ccc(F)cc2)c1C#N)c1ccccc1. The van der Waals surface area contributed by atoms with E-state index < -0.39 is 17.0 Å². The number of nitrogens with two attached hydrogens (primary N) is 1. The van der Waals surface area contributed by atoms with Crippen molar-refractivity contribution >= 4 is 23.5 Å². The summed E-state index contributed by atoms with van der Waals surface area (Å²) in [5.74, 6) is -1.07. The zero-order chi connectivity index (χ0) is 21.7. The molecule has 1 aromatic heterocycles. The number of hydrogen-bond acceptors (Lipinski definition) is 7. The molecule has 1 unspecified atom stereocenters. The van der Waals surface area contributed by atoms with Gasteiger partial charge in [-0.15, -0.1) is 0 Å². The normalized spacial score (nSPS) is 11.2. The Labute approximate surface area is 176 Å². The highest BCUT2D eigenvalue weighted by Crippen LogP contribution is 2.41. The summed E-state index contributed by atoms with van der Waals surface area (Å²) in [6.45, 7) is 0. The number of halogens is 1. The van der Waals surface area contributed by atoms with E-state index in [9.17, 15) is 19.7 Å². The molecule has 1 atom stereocenters. The van der Waals surface area contributed by atoms with Crippen molar-refractivity contribution < 1.29 is 13.9 Å². The number of carbonyl (C=O) groups excluding carboxylic acids is 1. The summed E-state index contributed by atoms with van der Waals surface area (Å²) in [4.78, 5) is 16.7. The van der Waals surface area contributed by atoms with Crippen LogP contribution in [-0.2, 0) is 9.53 Å². The fourth-order valence-corrected chi connectivity index (χ4v) is 4.01. The minimum absolute atomic E-state index is 0.0110. The standard InChI is InChI=1S/C22H15FN4O2S/c1-29-22(28)19(14-5-3-2-4-6-14)30-21-17(12-25)18(16(11-24)20(26)27-21)13-7-9-15(23)10-8-13/h2-10,19H,1H3,(H2,26,27). The minimum atomic E-state index is -0.802. The Morgan fingerprint density at radius 1 is 1.10 bits per heavy atom. The number of methoxy groups -OCH3 is 1. The van der Waals surface area contributed by atoms with Crippen molar-refractivity contribution in [2.75, 3.05) is 12.8 Å². The van der Waals surface area contributed by atoms with Gasteiger partial charge in [0.05, 0.1) is 12.7 Å². The summed E-state index contributed by atoms with van der Waals surface area (Å²) < 4.78 is 18.3. The van der Waals surface area contributed by atoms with Gasteiger partial charge in [-0.05, 0) is 23.3 Å². The number of aromatic nitrogens is 1. The molecule has 148 valence electrons. The molecule has 0 saturated heterocycles. The van der Waals surface area contributed by atoms with Crippen LogP contribution < -0.4 is 5.73 Å². The second-order valence-corrected chi connectivity index (χ2v) is 7.18. The maximum atomic E-state index is 13.4. The summed E-state index contributed by atoms with van der Waals surface area (Å²) in [5, 5.41) is 18.8. The van der Waals surface area contributed by atoms with Crippen molar-refractivity contribution in [3.8, 4) is 23.3 Å². The number of thioether (sulfide) groups is 1. The number of pyridine rings is 1. The zero-order valence-corrected chi connectivity index (χ0v) is 16.6. The number of carbonyl (C=O) groups is 1. The van der Waals surface area contributed by atoms with Crippen molar-refractivity contribution in [1.82, 2.24) is 4.98 Å². The third-order valence-corrected chi connectivity index (χ3v) is 5.51. The molecule has 30 heavy (non-hydrogen) atoms. The number of anilines is 1. The average molecular weight is 418 g/mol. The summed E-state index contributed by atoms with van der Waals surface area (Å²) in [5.41, 5.74) is 7.42. The molecule has 0 radical (unpaired) electrons. The van der Waals surface area contributed by atoms with Gasteiger partial charge in [0.2, 0.25) is 0 Å². The van der Waals surface area contributed by atoms with Gasteiger partial charge < -0.3 is 10.5 Å². The molecule has 3 aromatic rings. The van der Waals surface area contributed by atoms with Crippen LogP contribution in [0.1, 0.15) is 21.9 Å². The second kappa shape index (κ2) is 9.08. The number of esters is 1. The van der Waals surface area contributed by atoms with E-state index in [0.717, 1.165) is 11.8 Å². The summed E-state index contributed by atoms with van der Waals surface area (Å²) in [6.07, 6.45) is 0. The molecule has 0 aliphatic rings. The lowest BCUT2D eigenvalue weighted by Crippen LogP contribution is -2.12. The highest BCUT2D eigenvalue weighted by atomic mass is 32.2. The molecule has 0 fully saturated rings. The molecule has 0 aliphatic carbocycles. The van der Waals surface area contributed by atoms with Crippen LogP contribution in [0.5, 0.6) is 0 Å². The predicted octanol–water partition coefficient (Wildman–Crippen LogP) is 4.22. The molecule has 6 nitrogen and oxygen atoms in total. The first-order valence-electron chi connectivity index (χ1n) is 8.69. The second-order valence-electron chi connectivity index (χ2n) is 6.09. The lowest BCUT2D eigenvalue weighted by molar-refractivity contribution is -0.140. The highest BCUT2D eigenvalue weighted by Gasteiger charge is 2.28. The van der Waals surface area contributed by atoms with Gasteiger partial charge in [0.25, 0.3) is 0 Å². The van der Waals surface area contributed by atoms with Crippen LogP contribution in [0.15, 0.2) is 59.6 Å². The van der Waals surface area contributed by atoms with Gasteiger partial charge in [0.1, 0.15) is 39.6 Å².